The maximum absolute atomic E-state index is 3.44. The van der Waals surface area contributed by atoms with Crippen molar-refractivity contribution in [2.75, 3.05) is 26.7 Å². The van der Waals surface area contributed by atoms with Gasteiger partial charge in [0.05, 0.1) is 0 Å². The number of rotatable bonds is 6. The molecule has 0 bridgehead atoms. The van der Waals surface area contributed by atoms with E-state index in [1.807, 2.05) is 7.05 Å². The third kappa shape index (κ3) is 3.85. The Hall–Kier alpha value is -0.0800. The van der Waals surface area contributed by atoms with Gasteiger partial charge in [-0.3, -0.25) is 0 Å². The van der Waals surface area contributed by atoms with Gasteiger partial charge < -0.3 is 10.6 Å². The molecule has 0 aromatic heterocycles. The van der Waals surface area contributed by atoms with E-state index >= 15 is 0 Å². The second-order valence-corrected chi connectivity index (χ2v) is 3.10. The van der Waals surface area contributed by atoms with Crippen molar-refractivity contribution in [1.29, 1.82) is 0 Å². The van der Waals surface area contributed by atoms with Gasteiger partial charge in [0.1, 0.15) is 0 Å². The molecule has 1 aliphatic carbocycles. The highest BCUT2D eigenvalue weighted by atomic mass is 14.9. The predicted molar refractivity (Wildman–Crippen MR) is 44.1 cm³/mol. The van der Waals surface area contributed by atoms with E-state index in [0.717, 1.165) is 12.5 Å². The van der Waals surface area contributed by atoms with E-state index in [9.17, 15) is 0 Å². The van der Waals surface area contributed by atoms with Crippen LogP contribution in [0, 0.1) is 5.92 Å². The standard InChI is InChI=1S/C8H18N2/c1-9-5-2-6-10-7-8-3-4-8/h8-10H,2-7H2,1H3. The van der Waals surface area contributed by atoms with Crippen LogP contribution in [0.5, 0.6) is 0 Å². The van der Waals surface area contributed by atoms with E-state index in [2.05, 4.69) is 10.6 Å². The highest BCUT2D eigenvalue weighted by Gasteiger charge is 2.19. The average Bonchev–Trinajstić information content (AvgIpc) is 2.71. The summed E-state index contributed by atoms with van der Waals surface area (Å²) in [5.41, 5.74) is 0. The molecule has 0 amide bonds. The zero-order chi connectivity index (χ0) is 7.23. The van der Waals surface area contributed by atoms with Gasteiger partial charge >= 0.3 is 0 Å². The summed E-state index contributed by atoms with van der Waals surface area (Å²) in [7, 11) is 2.00. The summed E-state index contributed by atoms with van der Waals surface area (Å²) in [4.78, 5) is 0. The van der Waals surface area contributed by atoms with E-state index in [-0.39, 0.29) is 0 Å². The van der Waals surface area contributed by atoms with Crippen molar-refractivity contribution >= 4 is 0 Å². The molecule has 1 rings (SSSR count). The van der Waals surface area contributed by atoms with Crippen LogP contribution in [-0.4, -0.2) is 26.7 Å². The van der Waals surface area contributed by atoms with Crippen molar-refractivity contribution in [3.05, 3.63) is 0 Å². The number of hydrogen-bond donors (Lipinski definition) is 2. The highest BCUT2D eigenvalue weighted by Crippen LogP contribution is 2.27. The first-order valence-electron chi connectivity index (χ1n) is 4.29. The van der Waals surface area contributed by atoms with Crippen molar-refractivity contribution in [2.24, 2.45) is 5.92 Å². The van der Waals surface area contributed by atoms with Gasteiger partial charge in [0, 0.05) is 0 Å². The summed E-state index contributed by atoms with van der Waals surface area (Å²) in [5.74, 6) is 1.02. The van der Waals surface area contributed by atoms with Crippen molar-refractivity contribution < 1.29 is 0 Å². The Morgan fingerprint density at radius 2 is 2.10 bits per heavy atom. The maximum atomic E-state index is 3.44. The minimum absolute atomic E-state index is 1.02. The van der Waals surface area contributed by atoms with Crippen LogP contribution < -0.4 is 10.6 Å². The fourth-order valence-electron chi connectivity index (χ4n) is 1.02. The van der Waals surface area contributed by atoms with Gasteiger partial charge in [-0.1, -0.05) is 0 Å². The van der Waals surface area contributed by atoms with Crippen LogP contribution in [0.3, 0.4) is 0 Å². The maximum Gasteiger partial charge on any atom is -0.00205 e. The minimum atomic E-state index is 1.02. The molecule has 2 nitrogen and oxygen atoms in total. The quantitative estimate of drug-likeness (QED) is 0.531. The fraction of sp³-hybridized carbons (Fsp3) is 1.00. The van der Waals surface area contributed by atoms with Gasteiger partial charge in [0.15, 0.2) is 0 Å². The Labute approximate surface area is 63.4 Å². The molecule has 0 aliphatic heterocycles. The zero-order valence-electron chi connectivity index (χ0n) is 6.82. The van der Waals surface area contributed by atoms with Crippen molar-refractivity contribution in [3.8, 4) is 0 Å². The molecule has 0 heterocycles. The summed E-state index contributed by atoms with van der Waals surface area (Å²) < 4.78 is 0. The third-order valence-electron chi connectivity index (χ3n) is 1.91. The van der Waals surface area contributed by atoms with Gasteiger partial charge in [-0.15, -0.1) is 0 Å². The Morgan fingerprint density at radius 1 is 1.30 bits per heavy atom. The molecular weight excluding hydrogens is 124 g/mol. The number of nitrogens with one attached hydrogen (secondary N) is 2. The largest absolute Gasteiger partial charge is 0.320 e. The molecule has 1 saturated carbocycles. The molecule has 0 unspecified atom stereocenters. The predicted octanol–water partition coefficient (Wildman–Crippen LogP) is 0.595. The van der Waals surface area contributed by atoms with Crippen LogP contribution in [0.25, 0.3) is 0 Å². The van der Waals surface area contributed by atoms with Gasteiger partial charge in [0.2, 0.25) is 0 Å². The third-order valence-corrected chi connectivity index (χ3v) is 1.91. The first-order chi connectivity index (χ1) is 4.93. The molecule has 0 saturated heterocycles. The van der Waals surface area contributed by atoms with Crippen LogP contribution in [0.1, 0.15) is 19.3 Å². The van der Waals surface area contributed by atoms with Gasteiger partial charge in [-0.05, 0) is 51.9 Å². The van der Waals surface area contributed by atoms with Gasteiger partial charge in [-0.2, -0.15) is 0 Å². The molecule has 60 valence electrons. The lowest BCUT2D eigenvalue weighted by molar-refractivity contribution is 0.598. The zero-order valence-corrected chi connectivity index (χ0v) is 6.82. The van der Waals surface area contributed by atoms with Crippen LogP contribution in [0.15, 0.2) is 0 Å². The molecule has 0 aromatic carbocycles. The molecule has 0 aromatic rings. The topological polar surface area (TPSA) is 24.1 Å². The summed E-state index contributed by atoms with van der Waals surface area (Å²) in [6.45, 7) is 3.57. The lowest BCUT2D eigenvalue weighted by Crippen LogP contribution is -2.21. The molecule has 2 N–H and O–H groups in total. The normalized spacial score (nSPS) is 17.7. The Morgan fingerprint density at radius 3 is 2.70 bits per heavy atom. The fourth-order valence-corrected chi connectivity index (χ4v) is 1.02. The minimum Gasteiger partial charge on any atom is -0.320 e. The lowest BCUT2D eigenvalue weighted by atomic mass is 10.4. The Kier molecular flexibility index (Phi) is 3.76. The van der Waals surface area contributed by atoms with Gasteiger partial charge in [0.25, 0.3) is 0 Å². The number of hydrogen-bond acceptors (Lipinski definition) is 2. The van der Waals surface area contributed by atoms with Crippen molar-refractivity contribution in [1.82, 2.24) is 10.6 Å². The molecule has 0 spiro atoms. The molecule has 0 atom stereocenters. The van der Waals surface area contributed by atoms with E-state index in [1.165, 1.54) is 32.4 Å². The highest BCUT2D eigenvalue weighted by molar-refractivity contribution is 4.74. The summed E-state index contributed by atoms with van der Waals surface area (Å²) in [6, 6.07) is 0. The molecular formula is C8H18N2. The summed E-state index contributed by atoms with van der Waals surface area (Å²) in [6.07, 6.45) is 4.17. The van der Waals surface area contributed by atoms with Crippen LogP contribution in [-0.2, 0) is 0 Å². The van der Waals surface area contributed by atoms with Gasteiger partial charge in [-0.25, -0.2) is 0 Å². The summed E-state index contributed by atoms with van der Waals surface area (Å²) in [5, 5.41) is 6.57. The first kappa shape index (κ1) is 8.02. The van der Waals surface area contributed by atoms with Crippen LogP contribution in [0.2, 0.25) is 0 Å². The Bertz CT molecular complexity index is 79.3. The second-order valence-electron chi connectivity index (χ2n) is 3.10. The summed E-state index contributed by atoms with van der Waals surface area (Å²) >= 11 is 0. The van der Waals surface area contributed by atoms with Crippen LogP contribution in [0.4, 0.5) is 0 Å². The molecule has 1 aliphatic rings. The van der Waals surface area contributed by atoms with E-state index in [1.54, 1.807) is 0 Å². The van der Waals surface area contributed by atoms with Crippen molar-refractivity contribution in [2.45, 2.75) is 19.3 Å². The molecule has 1 fully saturated rings. The molecule has 2 heteroatoms. The average molecular weight is 142 g/mol. The van der Waals surface area contributed by atoms with E-state index in [0.29, 0.717) is 0 Å². The molecule has 10 heavy (non-hydrogen) atoms. The smallest absolute Gasteiger partial charge is 0.00205 e. The second kappa shape index (κ2) is 4.69. The monoisotopic (exact) mass is 142 g/mol. The Balaban J connectivity index is 1.68. The van der Waals surface area contributed by atoms with E-state index in [4.69, 9.17) is 0 Å². The lowest BCUT2D eigenvalue weighted by Gasteiger charge is -2.01. The van der Waals surface area contributed by atoms with Crippen molar-refractivity contribution in [3.63, 3.8) is 0 Å². The molecule has 0 radical (unpaired) electrons. The van der Waals surface area contributed by atoms with Crippen LogP contribution >= 0.6 is 0 Å². The first-order valence-corrected chi connectivity index (χ1v) is 4.29. The SMILES string of the molecule is CNCCCNCC1CC1. The van der Waals surface area contributed by atoms with E-state index < -0.39 is 0 Å².